The molecule has 2 saturated heterocycles. The Morgan fingerprint density at radius 3 is 1.09 bits per heavy atom. The van der Waals surface area contributed by atoms with Crippen molar-refractivity contribution in [1.82, 2.24) is 0 Å². The number of hydrogen-bond acceptors (Lipinski definition) is 11. The summed E-state index contributed by atoms with van der Waals surface area (Å²) < 4.78 is 60.8. The zero-order valence-corrected chi connectivity index (χ0v) is 38.1. The van der Waals surface area contributed by atoms with Crippen LogP contribution in [0.5, 0.6) is 0 Å². The maximum absolute atomic E-state index is 12.5. The Labute approximate surface area is 393 Å². The molecule has 0 saturated carbocycles. The van der Waals surface area contributed by atoms with Gasteiger partial charge in [-0.2, -0.15) is 0 Å². The van der Waals surface area contributed by atoms with Crippen LogP contribution in [0.1, 0.15) is 33.4 Å². The second-order valence-electron chi connectivity index (χ2n) is 16.5. The lowest BCUT2D eigenvalue weighted by atomic mass is 9.96. The topological polar surface area (TPSA) is 103 Å². The molecule has 2 heterocycles. The summed E-state index contributed by atoms with van der Waals surface area (Å²) in [5.74, 6) is 0. The quantitative estimate of drug-likeness (QED) is 0.0666. The van der Waals surface area contributed by atoms with Gasteiger partial charge in [0.05, 0.1) is 52.9 Å². The summed E-state index contributed by atoms with van der Waals surface area (Å²) in [4.78, 5) is 0. The Morgan fingerprint density at radius 2 is 0.712 bits per heavy atom. The van der Waals surface area contributed by atoms with Crippen LogP contribution in [-0.4, -0.2) is 85.1 Å². The first-order chi connectivity index (χ1) is 32.6. The highest BCUT2D eigenvalue weighted by molar-refractivity contribution is 7.99. The summed E-state index contributed by atoms with van der Waals surface area (Å²) in [5, 5.41) is 12.5. The number of aliphatic hydroxyl groups excluding tert-OH is 1. The van der Waals surface area contributed by atoms with E-state index in [4.69, 9.17) is 42.6 Å². The number of hydrogen-bond donors (Lipinski definition) is 1. The van der Waals surface area contributed by atoms with Crippen molar-refractivity contribution in [2.24, 2.45) is 0 Å². The molecule has 0 spiro atoms. The van der Waals surface area contributed by atoms with Gasteiger partial charge in [0.2, 0.25) is 0 Å². The van der Waals surface area contributed by atoms with Gasteiger partial charge in [-0.3, -0.25) is 0 Å². The third kappa shape index (κ3) is 13.7. The van der Waals surface area contributed by atoms with E-state index < -0.39 is 60.6 Å². The van der Waals surface area contributed by atoms with Gasteiger partial charge in [0.15, 0.2) is 6.29 Å². The highest BCUT2D eigenvalue weighted by Crippen LogP contribution is 2.38. The average molecular weight is 913 g/mol. The maximum Gasteiger partial charge on any atom is 0.187 e. The van der Waals surface area contributed by atoms with Crippen molar-refractivity contribution >= 4 is 11.8 Å². The monoisotopic (exact) mass is 912 g/mol. The first-order valence-electron chi connectivity index (χ1n) is 22.6. The number of rotatable bonds is 23. The molecule has 2 fully saturated rings. The minimum atomic E-state index is -1.30. The van der Waals surface area contributed by atoms with Crippen molar-refractivity contribution < 1.29 is 47.7 Å². The van der Waals surface area contributed by atoms with Crippen LogP contribution in [0.4, 0.5) is 0 Å². The molecule has 0 bridgehead atoms. The van der Waals surface area contributed by atoms with Crippen LogP contribution < -0.4 is 0 Å². The Kier molecular flexibility index (Phi) is 18.4. The van der Waals surface area contributed by atoms with E-state index in [0.717, 1.165) is 33.4 Å². The lowest BCUT2D eigenvalue weighted by Gasteiger charge is -2.49. The second-order valence-corrected chi connectivity index (χ2v) is 17.4. The highest BCUT2D eigenvalue weighted by Gasteiger charge is 2.53. The highest BCUT2D eigenvalue weighted by atomic mass is 32.2. The summed E-state index contributed by atoms with van der Waals surface area (Å²) >= 11 is 1.49. The molecule has 2 aliphatic heterocycles. The van der Waals surface area contributed by atoms with E-state index in [0.29, 0.717) is 19.8 Å². The second kappa shape index (κ2) is 25.4. The van der Waals surface area contributed by atoms with Gasteiger partial charge < -0.3 is 47.7 Å². The molecule has 6 aromatic rings. The molecular weight excluding hydrogens is 853 g/mol. The molecule has 0 radical (unpaired) electrons. The first-order valence-corrected chi connectivity index (χ1v) is 23.9. The van der Waals surface area contributed by atoms with Gasteiger partial charge in [-0.25, -0.2) is 0 Å². The standard InChI is InChI=1S/C55H60O10S/c1-66-55-53(52(62-37-45-30-18-7-19-31-45)50(60-35-43-26-14-5-15-27-43)47(64-55)39-58-33-41-22-10-3-11-23-41)65-54-48(56)51(61-36-44-28-16-6-17-29-44)49(59-34-42-24-12-4-13-25-42)46(63-54)38-57-32-40-20-8-2-9-21-40/h2-31,46-56H,32-39H2,1H3/t46-,47-,48+,49-,50-,51-,52+,53+,54-,55-/m1/s1. The van der Waals surface area contributed by atoms with Crippen LogP contribution in [0.15, 0.2) is 182 Å². The van der Waals surface area contributed by atoms with Gasteiger partial charge in [0.1, 0.15) is 54.3 Å². The minimum absolute atomic E-state index is 0.136. The van der Waals surface area contributed by atoms with Gasteiger partial charge in [-0.05, 0) is 39.6 Å². The summed E-state index contributed by atoms with van der Waals surface area (Å²) in [6.45, 7) is 2.19. The lowest BCUT2D eigenvalue weighted by Crippen LogP contribution is -2.65. The molecule has 0 unspecified atom stereocenters. The maximum atomic E-state index is 12.5. The summed E-state index contributed by atoms with van der Waals surface area (Å²) in [6, 6.07) is 59.9. The Morgan fingerprint density at radius 1 is 0.394 bits per heavy atom. The van der Waals surface area contributed by atoms with Gasteiger partial charge in [0, 0.05) is 0 Å². The van der Waals surface area contributed by atoms with Crippen LogP contribution in [0.3, 0.4) is 0 Å². The van der Waals surface area contributed by atoms with Gasteiger partial charge >= 0.3 is 0 Å². The van der Waals surface area contributed by atoms with Gasteiger partial charge in [0.25, 0.3) is 0 Å². The predicted molar refractivity (Wildman–Crippen MR) is 254 cm³/mol. The number of ether oxygens (including phenoxy) is 9. The smallest absolute Gasteiger partial charge is 0.187 e. The van der Waals surface area contributed by atoms with Crippen LogP contribution in [0.25, 0.3) is 0 Å². The Balaban J connectivity index is 1.10. The molecule has 2 aliphatic rings. The van der Waals surface area contributed by atoms with E-state index in [2.05, 4.69) is 0 Å². The third-order valence-electron chi connectivity index (χ3n) is 11.7. The largest absolute Gasteiger partial charge is 0.385 e. The first kappa shape index (κ1) is 47.8. The van der Waals surface area contributed by atoms with Crippen LogP contribution in [0.2, 0.25) is 0 Å². The van der Waals surface area contributed by atoms with Gasteiger partial charge in [-0.1, -0.05) is 182 Å². The van der Waals surface area contributed by atoms with Crippen LogP contribution in [0, 0.1) is 0 Å². The molecule has 0 aliphatic carbocycles. The van der Waals surface area contributed by atoms with Crippen molar-refractivity contribution in [1.29, 1.82) is 0 Å². The number of aliphatic hydroxyl groups is 1. The van der Waals surface area contributed by atoms with Crippen molar-refractivity contribution in [3.05, 3.63) is 215 Å². The van der Waals surface area contributed by atoms with E-state index in [1.54, 1.807) is 0 Å². The molecule has 6 aromatic carbocycles. The fourth-order valence-corrected chi connectivity index (χ4v) is 8.97. The lowest BCUT2D eigenvalue weighted by molar-refractivity contribution is -0.350. The summed E-state index contributed by atoms with van der Waals surface area (Å²) in [5.41, 5.74) is 5.40. The van der Waals surface area contributed by atoms with Crippen molar-refractivity contribution in [3.8, 4) is 0 Å². The molecule has 11 heteroatoms. The van der Waals surface area contributed by atoms with Crippen LogP contribution in [-0.2, 0) is 82.3 Å². The van der Waals surface area contributed by atoms with Crippen molar-refractivity contribution in [3.63, 3.8) is 0 Å². The zero-order valence-electron chi connectivity index (χ0n) is 37.3. The van der Waals surface area contributed by atoms with E-state index in [1.165, 1.54) is 11.8 Å². The van der Waals surface area contributed by atoms with E-state index in [9.17, 15) is 5.11 Å². The molecule has 1 N–H and O–H groups in total. The molecular formula is C55H60O10S. The van der Waals surface area contributed by atoms with E-state index in [1.807, 2.05) is 188 Å². The molecule has 8 rings (SSSR count). The third-order valence-corrected chi connectivity index (χ3v) is 12.5. The van der Waals surface area contributed by atoms with Crippen molar-refractivity contribution in [2.45, 2.75) is 100 Å². The normalized spacial score (nSPS) is 25.4. The van der Waals surface area contributed by atoms with Gasteiger partial charge in [-0.15, -0.1) is 11.8 Å². The molecule has 10 nitrogen and oxygen atoms in total. The average Bonchev–Trinajstić information content (AvgIpc) is 3.37. The summed E-state index contributed by atoms with van der Waals surface area (Å²) in [7, 11) is 0. The molecule has 66 heavy (non-hydrogen) atoms. The van der Waals surface area contributed by atoms with E-state index in [-0.39, 0.29) is 33.0 Å². The zero-order chi connectivity index (χ0) is 45.2. The van der Waals surface area contributed by atoms with Crippen molar-refractivity contribution in [2.75, 3.05) is 19.5 Å². The Bertz CT molecular complexity index is 2230. The molecule has 0 amide bonds. The fraction of sp³-hybridized carbons (Fsp3) is 0.345. The minimum Gasteiger partial charge on any atom is -0.385 e. The number of thioether (sulfide) groups is 1. The fourth-order valence-electron chi connectivity index (χ4n) is 8.23. The number of benzene rings is 6. The molecule has 0 aromatic heterocycles. The molecule has 346 valence electrons. The SMILES string of the molecule is CS[C@H]1O[C@H](COCc2ccccc2)[C@@H](OCc2ccccc2)[C@H](OCc2ccccc2)[C@@H]1O[C@H]1O[C@H](COCc2ccccc2)[C@@H](OCc2ccccc2)[C@H](OCc2ccccc2)[C@@H]1O. The van der Waals surface area contributed by atoms with Crippen LogP contribution >= 0.6 is 11.8 Å². The summed E-state index contributed by atoms with van der Waals surface area (Å²) in [6.07, 6.45) is -5.56. The Hall–Kier alpha value is -4.73. The predicted octanol–water partition coefficient (Wildman–Crippen LogP) is 9.32. The molecule has 10 atom stereocenters. The van der Waals surface area contributed by atoms with E-state index >= 15 is 0 Å².